The SMILES string of the molecule is COCCNCC(Cc1ccc(Br)cc1)CC(C)OC. The van der Waals surface area contributed by atoms with Gasteiger partial charge in [0.05, 0.1) is 12.7 Å². The molecule has 0 heterocycles. The minimum absolute atomic E-state index is 0.291. The zero-order valence-corrected chi connectivity index (χ0v) is 14.3. The van der Waals surface area contributed by atoms with E-state index in [0.717, 1.165) is 37.0 Å². The Morgan fingerprint density at radius 2 is 1.90 bits per heavy atom. The Hall–Kier alpha value is -0.420. The first-order valence-electron chi connectivity index (χ1n) is 7.12. The second kappa shape index (κ2) is 10.3. The highest BCUT2D eigenvalue weighted by atomic mass is 79.9. The Balaban J connectivity index is 2.49. The lowest BCUT2D eigenvalue weighted by atomic mass is 9.94. The van der Waals surface area contributed by atoms with Gasteiger partial charge >= 0.3 is 0 Å². The molecule has 0 aliphatic carbocycles. The van der Waals surface area contributed by atoms with Gasteiger partial charge in [-0.2, -0.15) is 0 Å². The van der Waals surface area contributed by atoms with Crippen molar-refractivity contribution < 1.29 is 9.47 Å². The third-order valence-electron chi connectivity index (χ3n) is 3.42. The monoisotopic (exact) mass is 343 g/mol. The molecule has 0 fully saturated rings. The highest BCUT2D eigenvalue weighted by Crippen LogP contribution is 2.17. The Labute approximate surface area is 131 Å². The summed E-state index contributed by atoms with van der Waals surface area (Å²) < 4.78 is 11.6. The van der Waals surface area contributed by atoms with Crippen molar-refractivity contribution in [3.63, 3.8) is 0 Å². The van der Waals surface area contributed by atoms with E-state index in [1.165, 1.54) is 5.56 Å². The zero-order valence-electron chi connectivity index (χ0n) is 12.7. The van der Waals surface area contributed by atoms with Crippen LogP contribution in [0, 0.1) is 5.92 Å². The molecule has 0 bridgehead atoms. The topological polar surface area (TPSA) is 30.5 Å². The summed E-state index contributed by atoms with van der Waals surface area (Å²) in [6.45, 7) is 4.77. The fourth-order valence-electron chi connectivity index (χ4n) is 2.24. The summed E-state index contributed by atoms with van der Waals surface area (Å²) in [7, 11) is 3.51. The van der Waals surface area contributed by atoms with Crippen molar-refractivity contribution >= 4 is 15.9 Å². The number of ether oxygens (including phenoxy) is 2. The molecule has 0 amide bonds. The lowest BCUT2D eigenvalue weighted by molar-refractivity contribution is 0.0941. The van der Waals surface area contributed by atoms with E-state index in [0.29, 0.717) is 12.0 Å². The van der Waals surface area contributed by atoms with Crippen LogP contribution in [0.5, 0.6) is 0 Å². The van der Waals surface area contributed by atoms with Gasteiger partial charge in [-0.3, -0.25) is 0 Å². The maximum Gasteiger partial charge on any atom is 0.0587 e. The van der Waals surface area contributed by atoms with E-state index >= 15 is 0 Å². The van der Waals surface area contributed by atoms with Crippen LogP contribution in [-0.4, -0.2) is 40.0 Å². The van der Waals surface area contributed by atoms with E-state index < -0.39 is 0 Å². The minimum Gasteiger partial charge on any atom is -0.383 e. The molecule has 2 unspecified atom stereocenters. The van der Waals surface area contributed by atoms with Gasteiger partial charge in [-0.05, 0) is 49.9 Å². The number of benzene rings is 1. The summed E-state index contributed by atoms with van der Waals surface area (Å²) in [6.07, 6.45) is 2.42. The maximum absolute atomic E-state index is 5.40. The standard InChI is InChI=1S/C16H26BrNO2/c1-13(20-3)10-15(12-18-8-9-19-2)11-14-4-6-16(17)7-5-14/h4-7,13,15,18H,8-12H2,1-3H3. The average molecular weight is 344 g/mol. The zero-order chi connectivity index (χ0) is 14.8. The minimum atomic E-state index is 0.291. The summed E-state index contributed by atoms with van der Waals surface area (Å²) in [6, 6.07) is 8.57. The third-order valence-corrected chi connectivity index (χ3v) is 3.95. The first kappa shape index (κ1) is 17.6. The van der Waals surface area contributed by atoms with Gasteiger partial charge in [-0.15, -0.1) is 0 Å². The third kappa shape index (κ3) is 7.39. The Morgan fingerprint density at radius 1 is 1.20 bits per heavy atom. The first-order chi connectivity index (χ1) is 9.65. The number of methoxy groups -OCH3 is 2. The van der Waals surface area contributed by atoms with Crippen molar-refractivity contribution in [2.24, 2.45) is 5.92 Å². The van der Waals surface area contributed by atoms with Gasteiger partial charge in [-0.1, -0.05) is 28.1 Å². The lowest BCUT2D eigenvalue weighted by Gasteiger charge is -2.21. The van der Waals surface area contributed by atoms with Crippen molar-refractivity contribution in [1.29, 1.82) is 0 Å². The molecule has 1 aromatic rings. The van der Waals surface area contributed by atoms with Crippen LogP contribution in [0.4, 0.5) is 0 Å². The van der Waals surface area contributed by atoms with Crippen molar-refractivity contribution in [2.45, 2.75) is 25.9 Å². The molecule has 2 atom stereocenters. The van der Waals surface area contributed by atoms with E-state index in [9.17, 15) is 0 Å². The van der Waals surface area contributed by atoms with Gasteiger partial charge < -0.3 is 14.8 Å². The normalized spacial score (nSPS) is 14.2. The van der Waals surface area contributed by atoms with Crippen LogP contribution in [-0.2, 0) is 15.9 Å². The molecule has 4 heteroatoms. The van der Waals surface area contributed by atoms with E-state index in [-0.39, 0.29) is 0 Å². The van der Waals surface area contributed by atoms with Crippen LogP contribution in [0.25, 0.3) is 0 Å². The average Bonchev–Trinajstić information content (AvgIpc) is 2.45. The summed E-state index contributed by atoms with van der Waals surface area (Å²) in [5, 5.41) is 3.46. The van der Waals surface area contributed by atoms with Gasteiger partial charge in [0.25, 0.3) is 0 Å². The summed E-state index contributed by atoms with van der Waals surface area (Å²) in [5.41, 5.74) is 1.37. The first-order valence-corrected chi connectivity index (χ1v) is 7.92. The van der Waals surface area contributed by atoms with Gasteiger partial charge in [0.15, 0.2) is 0 Å². The van der Waals surface area contributed by atoms with Gasteiger partial charge in [0, 0.05) is 25.2 Å². The van der Waals surface area contributed by atoms with E-state index in [1.54, 1.807) is 14.2 Å². The molecule has 0 aromatic heterocycles. The van der Waals surface area contributed by atoms with E-state index in [2.05, 4.69) is 52.4 Å². The molecule has 1 rings (SSSR count). The van der Waals surface area contributed by atoms with Crippen LogP contribution in [0.2, 0.25) is 0 Å². The molecule has 114 valence electrons. The van der Waals surface area contributed by atoms with Gasteiger partial charge in [0.1, 0.15) is 0 Å². The summed E-state index contributed by atoms with van der Waals surface area (Å²) in [5.74, 6) is 0.572. The van der Waals surface area contributed by atoms with Gasteiger partial charge in [0.2, 0.25) is 0 Å². The van der Waals surface area contributed by atoms with Crippen LogP contribution >= 0.6 is 15.9 Å². The molecule has 0 saturated heterocycles. The van der Waals surface area contributed by atoms with E-state index in [1.807, 2.05) is 0 Å². The van der Waals surface area contributed by atoms with Crippen molar-refractivity contribution in [1.82, 2.24) is 5.32 Å². The van der Waals surface area contributed by atoms with Crippen LogP contribution in [0.1, 0.15) is 18.9 Å². The second-order valence-corrected chi connectivity index (χ2v) is 6.09. The molecule has 0 spiro atoms. The smallest absolute Gasteiger partial charge is 0.0587 e. The Kier molecular flexibility index (Phi) is 9.10. The van der Waals surface area contributed by atoms with Crippen LogP contribution < -0.4 is 5.32 Å². The molecular weight excluding hydrogens is 318 g/mol. The number of hydrogen-bond acceptors (Lipinski definition) is 3. The fraction of sp³-hybridized carbons (Fsp3) is 0.625. The second-order valence-electron chi connectivity index (χ2n) is 5.18. The quantitative estimate of drug-likeness (QED) is 0.661. The summed E-state index contributed by atoms with van der Waals surface area (Å²) in [4.78, 5) is 0. The number of hydrogen-bond donors (Lipinski definition) is 1. The highest BCUT2D eigenvalue weighted by Gasteiger charge is 2.13. The molecular formula is C16H26BrNO2. The molecule has 1 N–H and O–H groups in total. The lowest BCUT2D eigenvalue weighted by Crippen LogP contribution is -2.29. The van der Waals surface area contributed by atoms with Crippen LogP contribution in [0.15, 0.2) is 28.7 Å². The molecule has 0 aliphatic rings. The fourth-order valence-corrected chi connectivity index (χ4v) is 2.50. The van der Waals surface area contributed by atoms with Crippen LogP contribution in [0.3, 0.4) is 0 Å². The van der Waals surface area contributed by atoms with E-state index in [4.69, 9.17) is 9.47 Å². The summed E-state index contributed by atoms with van der Waals surface area (Å²) >= 11 is 3.48. The molecule has 3 nitrogen and oxygen atoms in total. The highest BCUT2D eigenvalue weighted by molar-refractivity contribution is 9.10. The van der Waals surface area contributed by atoms with Crippen molar-refractivity contribution in [3.05, 3.63) is 34.3 Å². The molecule has 0 radical (unpaired) electrons. The molecule has 1 aromatic carbocycles. The molecule has 20 heavy (non-hydrogen) atoms. The Bertz CT molecular complexity index is 356. The molecule has 0 saturated carbocycles. The maximum atomic E-state index is 5.40. The number of rotatable bonds is 10. The van der Waals surface area contributed by atoms with Crippen molar-refractivity contribution in [2.75, 3.05) is 33.9 Å². The molecule has 0 aliphatic heterocycles. The van der Waals surface area contributed by atoms with Gasteiger partial charge in [-0.25, -0.2) is 0 Å². The number of nitrogens with one attached hydrogen (secondary N) is 1. The number of halogens is 1. The Morgan fingerprint density at radius 3 is 2.50 bits per heavy atom. The predicted molar refractivity (Wildman–Crippen MR) is 87.2 cm³/mol. The largest absolute Gasteiger partial charge is 0.383 e. The predicted octanol–water partition coefficient (Wildman–Crippen LogP) is 3.27. The van der Waals surface area contributed by atoms with Crippen molar-refractivity contribution in [3.8, 4) is 0 Å².